The van der Waals surface area contributed by atoms with Crippen molar-refractivity contribution in [2.75, 3.05) is 0 Å². The van der Waals surface area contributed by atoms with Crippen molar-refractivity contribution in [3.05, 3.63) is 72.8 Å². The molecule has 0 unspecified atom stereocenters. The zero-order valence-corrected chi connectivity index (χ0v) is 14.1. The lowest BCUT2D eigenvalue weighted by molar-refractivity contribution is 0.828. The van der Waals surface area contributed by atoms with Gasteiger partial charge in [-0.05, 0) is 51.4 Å². The van der Waals surface area contributed by atoms with Crippen LogP contribution < -0.4 is 0 Å². The zero-order valence-electron chi connectivity index (χ0n) is 14.1. The Labute approximate surface area is 145 Å². The van der Waals surface area contributed by atoms with Crippen LogP contribution in [0.2, 0.25) is 0 Å². The Bertz CT molecular complexity index is 1400. The summed E-state index contributed by atoms with van der Waals surface area (Å²) >= 11 is 0. The van der Waals surface area contributed by atoms with Crippen molar-refractivity contribution in [1.29, 1.82) is 0 Å². The molecule has 1 aromatic heterocycles. The average Bonchev–Trinajstić information content (AvgIpc) is 2.99. The van der Waals surface area contributed by atoms with E-state index in [-0.39, 0.29) is 0 Å². The maximum atomic E-state index is 2.44. The molecule has 0 aliphatic carbocycles. The van der Waals surface area contributed by atoms with Gasteiger partial charge in [0.15, 0.2) is 0 Å². The minimum Gasteiger partial charge on any atom is -0.341 e. The van der Waals surface area contributed by atoms with E-state index in [1.54, 1.807) is 0 Å². The molecule has 0 bridgehead atoms. The summed E-state index contributed by atoms with van der Waals surface area (Å²) in [5, 5.41) is 10.9. The van der Waals surface area contributed by atoms with Gasteiger partial charge in [-0.2, -0.15) is 0 Å². The van der Waals surface area contributed by atoms with Gasteiger partial charge in [0.05, 0.1) is 5.52 Å². The normalized spacial score (nSPS) is 12.4. The van der Waals surface area contributed by atoms with E-state index in [1.807, 2.05) is 0 Å². The third-order valence-electron chi connectivity index (χ3n) is 5.70. The molecule has 0 radical (unpaired) electrons. The van der Waals surface area contributed by atoms with Crippen LogP contribution in [-0.2, 0) is 6.54 Å². The van der Waals surface area contributed by atoms with E-state index in [0.717, 1.165) is 6.54 Å². The van der Waals surface area contributed by atoms with Crippen LogP contribution in [0, 0.1) is 0 Å². The summed E-state index contributed by atoms with van der Waals surface area (Å²) in [5.74, 6) is 0. The number of hydrogen-bond donors (Lipinski definition) is 0. The van der Waals surface area contributed by atoms with Gasteiger partial charge in [-0.15, -0.1) is 0 Å². The van der Waals surface area contributed by atoms with E-state index in [0.29, 0.717) is 0 Å². The number of benzene rings is 5. The van der Waals surface area contributed by atoms with Gasteiger partial charge in [0.1, 0.15) is 0 Å². The first-order valence-electron chi connectivity index (χ1n) is 8.94. The first-order chi connectivity index (χ1) is 12.4. The third-order valence-corrected chi connectivity index (χ3v) is 5.70. The number of aromatic nitrogens is 1. The quantitative estimate of drug-likeness (QED) is 0.297. The topological polar surface area (TPSA) is 4.93 Å². The molecular weight excluding hydrogens is 302 g/mol. The summed E-state index contributed by atoms with van der Waals surface area (Å²) in [6.07, 6.45) is 0. The highest BCUT2D eigenvalue weighted by molar-refractivity contribution is 6.32. The van der Waals surface area contributed by atoms with Gasteiger partial charge in [-0.1, -0.05) is 60.7 Å². The van der Waals surface area contributed by atoms with Crippen molar-refractivity contribution >= 4 is 54.1 Å². The first-order valence-corrected chi connectivity index (χ1v) is 8.94. The van der Waals surface area contributed by atoms with Gasteiger partial charge in [-0.3, -0.25) is 0 Å². The highest BCUT2D eigenvalue weighted by atomic mass is 15.0. The van der Waals surface area contributed by atoms with Crippen molar-refractivity contribution in [2.45, 2.75) is 13.5 Å². The maximum absolute atomic E-state index is 2.44. The smallest absolute Gasteiger partial charge is 0.0503 e. The molecule has 5 aromatic carbocycles. The highest BCUT2D eigenvalue weighted by Gasteiger charge is 2.16. The van der Waals surface area contributed by atoms with Crippen LogP contribution in [0.5, 0.6) is 0 Å². The van der Waals surface area contributed by atoms with Crippen LogP contribution in [0.3, 0.4) is 0 Å². The SMILES string of the molecule is CCn1c2ccccc2c2c3ccc4cccc5ccc(cc21)c3c54. The highest BCUT2D eigenvalue weighted by Crippen LogP contribution is 2.41. The lowest BCUT2D eigenvalue weighted by Gasteiger charge is -2.12. The number of fused-ring (bicyclic) bond motifs is 4. The van der Waals surface area contributed by atoms with Crippen LogP contribution >= 0.6 is 0 Å². The molecule has 118 valence electrons. The van der Waals surface area contributed by atoms with Crippen LogP contribution in [-0.4, -0.2) is 4.57 Å². The summed E-state index contributed by atoms with van der Waals surface area (Å²) in [5.41, 5.74) is 2.67. The molecule has 6 rings (SSSR count). The molecule has 0 amide bonds. The van der Waals surface area contributed by atoms with E-state index in [9.17, 15) is 0 Å². The van der Waals surface area contributed by atoms with E-state index >= 15 is 0 Å². The van der Waals surface area contributed by atoms with Crippen LogP contribution in [0.4, 0.5) is 0 Å². The van der Waals surface area contributed by atoms with Gasteiger partial charge < -0.3 is 4.57 Å². The van der Waals surface area contributed by atoms with Crippen molar-refractivity contribution < 1.29 is 0 Å². The van der Waals surface area contributed by atoms with Gasteiger partial charge in [-0.25, -0.2) is 0 Å². The number of aryl methyl sites for hydroxylation is 1. The van der Waals surface area contributed by atoms with Crippen LogP contribution in [0.25, 0.3) is 54.1 Å². The summed E-state index contributed by atoms with van der Waals surface area (Å²) in [7, 11) is 0. The number of nitrogens with zero attached hydrogens (tertiary/aromatic N) is 1. The fourth-order valence-corrected chi connectivity index (χ4v) is 4.68. The molecule has 0 N–H and O–H groups in total. The predicted octanol–water partition coefficient (Wildman–Crippen LogP) is 6.71. The van der Waals surface area contributed by atoms with Crippen molar-refractivity contribution in [1.82, 2.24) is 4.57 Å². The molecule has 1 heterocycles. The molecule has 0 aliphatic rings. The molecule has 0 saturated carbocycles. The third kappa shape index (κ3) is 1.54. The van der Waals surface area contributed by atoms with E-state index in [4.69, 9.17) is 0 Å². The Hall–Kier alpha value is -3.06. The molecule has 0 spiro atoms. The minimum absolute atomic E-state index is 0.984. The van der Waals surface area contributed by atoms with Crippen molar-refractivity contribution in [3.63, 3.8) is 0 Å². The molecule has 0 aliphatic heterocycles. The Morgan fingerprint density at radius 1 is 0.600 bits per heavy atom. The maximum Gasteiger partial charge on any atom is 0.0503 e. The lowest BCUT2D eigenvalue weighted by atomic mass is 9.92. The molecule has 0 saturated heterocycles. The van der Waals surface area contributed by atoms with Crippen LogP contribution in [0.1, 0.15) is 6.92 Å². The predicted molar refractivity (Wildman–Crippen MR) is 109 cm³/mol. The Balaban J connectivity index is 2.02. The summed E-state index contributed by atoms with van der Waals surface area (Å²) in [4.78, 5) is 0. The summed E-state index contributed by atoms with van der Waals surface area (Å²) in [6, 6.07) is 26.9. The Morgan fingerprint density at radius 3 is 2.20 bits per heavy atom. The van der Waals surface area contributed by atoms with Gasteiger partial charge in [0, 0.05) is 22.8 Å². The molecule has 1 nitrogen and oxygen atoms in total. The largest absolute Gasteiger partial charge is 0.341 e. The number of hydrogen-bond acceptors (Lipinski definition) is 0. The van der Waals surface area contributed by atoms with Crippen LogP contribution in [0.15, 0.2) is 72.8 Å². The van der Waals surface area contributed by atoms with Crippen molar-refractivity contribution in [3.8, 4) is 0 Å². The molecule has 0 fully saturated rings. The van der Waals surface area contributed by atoms with E-state index < -0.39 is 0 Å². The summed E-state index contributed by atoms with van der Waals surface area (Å²) < 4.78 is 2.44. The monoisotopic (exact) mass is 319 g/mol. The van der Waals surface area contributed by atoms with E-state index in [1.165, 1.54) is 54.1 Å². The Kier molecular flexibility index (Phi) is 2.39. The number of para-hydroxylation sites is 1. The van der Waals surface area contributed by atoms with E-state index in [2.05, 4.69) is 84.3 Å². The standard InChI is InChI=1S/C24H17N/c1-2-25-20-9-4-3-8-18(20)24-19-13-12-16-7-5-6-15-10-11-17(14-21(24)25)23(19)22(15)16/h3-14H,2H2,1H3. The van der Waals surface area contributed by atoms with Gasteiger partial charge in [0.2, 0.25) is 0 Å². The average molecular weight is 319 g/mol. The van der Waals surface area contributed by atoms with Gasteiger partial charge in [0.25, 0.3) is 0 Å². The number of rotatable bonds is 1. The first kappa shape index (κ1) is 13.3. The fraction of sp³-hybridized carbons (Fsp3) is 0.0833. The molecular formula is C24H17N. The summed E-state index contributed by atoms with van der Waals surface area (Å²) in [6.45, 7) is 3.22. The molecule has 6 aromatic rings. The van der Waals surface area contributed by atoms with Crippen molar-refractivity contribution in [2.24, 2.45) is 0 Å². The van der Waals surface area contributed by atoms with Gasteiger partial charge >= 0.3 is 0 Å². The zero-order chi connectivity index (χ0) is 16.5. The molecule has 25 heavy (non-hydrogen) atoms. The second-order valence-corrected chi connectivity index (χ2v) is 6.89. The Morgan fingerprint density at radius 2 is 1.36 bits per heavy atom. The lowest BCUT2D eigenvalue weighted by Crippen LogP contribution is -1.93. The minimum atomic E-state index is 0.984. The second kappa shape index (κ2) is 4.52. The molecule has 1 heteroatoms. The molecule has 0 atom stereocenters. The fourth-order valence-electron chi connectivity index (χ4n) is 4.68. The second-order valence-electron chi connectivity index (χ2n) is 6.89.